The summed E-state index contributed by atoms with van der Waals surface area (Å²) >= 11 is 0. The van der Waals surface area contributed by atoms with Gasteiger partial charge in [0.15, 0.2) is 0 Å². The third-order valence-corrected chi connectivity index (χ3v) is 3.17. The number of nitrogens with two attached hydrogens (primary N) is 1. The maximum absolute atomic E-state index is 12.0. The summed E-state index contributed by atoms with van der Waals surface area (Å²) in [5, 5.41) is 11.6. The average Bonchev–Trinajstić information content (AvgIpc) is 2.46. The highest BCUT2D eigenvalue weighted by Crippen LogP contribution is 2.12. The van der Waals surface area contributed by atoms with Gasteiger partial charge in [0.25, 0.3) is 0 Å². The summed E-state index contributed by atoms with van der Waals surface area (Å²) < 4.78 is 4.87. The standard InChI is InChI=1S/C15H22N2O4/c1-10-5-7-11(8-6-10)13(16)14(18)17-12(15(19)20)4-3-9-21-2/h5-8,12-13H,3-4,9,16H2,1-2H3,(H,17,18)(H,19,20). The second-order valence-corrected chi connectivity index (χ2v) is 4.92. The van der Waals surface area contributed by atoms with Gasteiger partial charge in [0.1, 0.15) is 12.1 Å². The van der Waals surface area contributed by atoms with Crippen LogP contribution in [0.15, 0.2) is 24.3 Å². The number of nitrogens with one attached hydrogen (secondary N) is 1. The van der Waals surface area contributed by atoms with E-state index in [9.17, 15) is 9.59 Å². The number of rotatable bonds is 8. The predicted molar refractivity (Wildman–Crippen MR) is 78.8 cm³/mol. The SMILES string of the molecule is COCCCC(NC(=O)C(N)c1ccc(C)cc1)C(=O)O. The molecule has 2 unspecified atom stereocenters. The van der Waals surface area contributed by atoms with Gasteiger partial charge in [-0.25, -0.2) is 4.79 Å². The minimum atomic E-state index is -1.07. The molecule has 1 amide bonds. The molecule has 0 fully saturated rings. The molecule has 21 heavy (non-hydrogen) atoms. The van der Waals surface area contributed by atoms with Crippen LogP contribution in [0.5, 0.6) is 0 Å². The normalized spacial score (nSPS) is 13.5. The topological polar surface area (TPSA) is 102 Å². The number of ether oxygens (including phenoxy) is 1. The van der Waals surface area contributed by atoms with Gasteiger partial charge in [-0.2, -0.15) is 0 Å². The average molecular weight is 294 g/mol. The van der Waals surface area contributed by atoms with Crippen molar-refractivity contribution in [3.63, 3.8) is 0 Å². The quantitative estimate of drug-likeness (QED) is 0.621. The summed E-state index contributed by atoms with van der Waals surface area (Å²) in [6, 6.07) is 5.41. The Balaban J connectivity index is 2.63. The van der Waals surface area contributed by atoms with Gasteiger partial charge >= 0.3 is 5.97 Å². The lowest BCUT2D eigenvalue weighted by molar-refractivity contribution is -0.142. The number of amides is 1. The van der Waals surface area contributed by atoms with Crippen molar-refractivity contribution >= 4 is 11.9 Å². The first-order valence-electron chi connectivity index (χ1n) is 6.80. The molecule has 1 aromatic carbocycles. The zero-order chi connectivity index (χ0) is 15.8. The Bertz CT molecular complexity index is 473. The molecule has 0 radical (unpaired) electrons. The molecular formula is C15H22N2O4. The fraction of sp³-hybridized carbons (Fsp3) is 0.467. The van der Waals surface area contributed by atoms with Crippen molar-refractivity contribution in [3.8, 4) is 0 Å². The summed E-state index contributed by atoms with van der Waals surface area (Å²) in [6.45, 7) is 2.38. The summed E-state index contributed by atoms with van der Waals surface area (Å²) in [4.78, 5) is 23.2. The molecule has 0 saturated carbocycles. The fourth-order valence-corrected chi connectivity index (χ4v) is 1.88. The zero-order valence-electron chi connectivity index (χ0n) is 12.3. The van der Waals surface area contributed by atoms with E-state index in [-0.39, 0.29) is 0 Å². The van der Waals surface area contributed by atoms with Crippen molar-refractivity contribution in [2.24, 2.45) is 5.73 Å². The van der Waals surface area contributed by atoms with E-state index >= 15 is 0 Å². The van der Waals surface area contributed by atoms with Crippen LogP contribution in [0.3, 0.4) is 0 Å². The molecule has 2 atom stereocenters. The first kappa shape index (κ1) is 17.1. The zero-order valence-corrected chi connectivity index (χ0v) is 12.3. The molecule has 116 valence electrons. The second-order valence-electron chi connectivity index (χ2n) is 4.92. The maximum atomic E-state index is 12.0. The lowest BCUT2D eigenvalue weighted by atomic mass is 10.0. The Morgan fingerprint density at radius 3 is 2.48 bits per heavy atom. The number of aryl methyl sites for hydroxylation is 1. The summed E-state index contributed by atoms with van der Waals surface area (Å²) in [5.41, 5.74) is 7.58. The molecule has 4 N–H and O–H groups in total. The Hall–Kier alpha value is -1.92. The predicted octanol–water partition coefficient (Wildman–Crippen LogP) is 0.991. The van der Waals surface area contributed by atoms with Gasteiger partial charge < -0.3 is 20.9 Å². The van der Waals surface area contributed by atoms with E-state index in [1.54, 1.807) is 19.2 Å². The van der Waals surface area contributed by atoms with Crippen LogP contribution in [-0.4, -0.2) is 36.7 Å². The Kier molecular flexibility index (Phi) is 6.84. The van der Waals surface area contributed by atoms with Crippen LogP contribution in [-0.2, 0) is 14.3 Å². The monoisotopic (exact) mass is 294 g/mol. The van der Waals surface area contributed by atoms with Crippen molar-refractivity contribution in [2.75, 3.05) is 13.7 Å². The minimum absolute atomic E-state index is 0.301. The van der Waals surface area contributed by atoms with Crippen LogP contribution in [0.4, 0.5) is 0 Å². The molecule has 0 aliphatic heterocycles. The molecule has 0 heterocycles. The Labute approximate surface area is 124 Å². The molecule has 0 aliphatic carbocycles. The van der Waals surface area contributed by atoms with E-state index in [0.717, 1.165) is 5.56 Å². The van der Waals surface area contributed by atoms with Crippen LogP contribution < -0.4 is 11.1 Å². The van der Waals surface area contributed by atoms with E-state index in [4.69, 9.17) is 15.6 Å². The number of carbonyl (C=O) groups excluding carboxylic acids is 1. The van der Waals surface area contributed by atoms with Crippen LogP contribution >= 0.6 is 0 Å². The smallest absolute Gasteiger partial charge is 0.326 e. The number of aliphatic carboxylic acids is 1. The van der Waals surface area contributed by atoms with Crippen LogP contribution in [0.25, 0.3) is 0 Å². The molecule has 0 aliphatic rings. The number of methoxy groups -OCH3 is 1. The van der Waals surface area contributed by atoms with Gasteiger partial charge in [0.2, 0.25) is 5.91 Å². The molecule has 6 heteroatoms. The third kappa shape index (κ3) is 5.53. The molecular weight excluding hydrogens is 272 g/mol. The lowest BCUT2D eigenvalue weighted by Crippen LogP contribution is -2.45. The highest BCUT2D eigenvalue weighted by Gasteiger charge is 2.23. The summed E-state index contributed by atoms with van der Waals surface area (Å²) in [6.07, 6.45) is 0.850. The van der Waals surface area contributed by atoms with Gasteiger partial charge in [-0.15, -0.1) is 0 Å². The highest BCUT2D eigenvalue weighted by molar-refractivity contribution is 5.87. The molecule has 0 bridgehead atoms. The Morgan fingerprint density at radius 2 is 1.95 bits per heavy atom. The molecule has 1 rings (SSSR count). The van der Waals surface area contributed by atoms with E-state index in [2.05, 4.69) is 5.32 Å². The molecule has 1 aromatic rings. The van der Waals surface area contributed by atoms with Crippen molar-refractivity contribution in [3.05, 3.63) is 35.4 Å². The van der Waals surface area contributed by atoms with E-state index in [1.807, 2.05) is 19.1 Å². The first-order valence-corrected chi connectivity index (χ1v) is 6.80. The van der Waals surface area contributed by atoms with E-state index in [1.165, 1.54) is 0 Å². The van der Waals surface area contributed by atoms with E-state index in [0.29, 0.717) is 25.0 Å². The number of carboxylic acids is 1. The van der Waals surface area contributed by atoms with Gasteiger partial charge in [0, 0.05) is 13.7 Å². The van der Waals surface area contributed by atoms with Crippen LogP contribution in [0, 0.1) is 6.92 Å². The maximum Gasteiger partial charge on any atom is 0.326 e. The van der Waals surface area contributed by atoms with Crippen LogP contribution in [0.1, 0.15) is 30.0 Å². The number of carboxylic acid groups (broad SMARTS) is 1. The molecule has 0 aromatic heterocycles. The number of hydrogen-bond acceptors (Lipinski definition) is 4. The summed E-state index contributed by atoms with van der Waals surface area (Å²) in [7, 11) is 1.54. The second kappa shape index (κ2) is 8.39. The molecule has 6 nitrogen and oxygen atoms in total. The largest absolute Gasteiger partial charge is 0.480 e. The van der Waals surface area contributed by atoms with Crippen molar-refractivity contribution in [2.45, 2.75) is 31.8 Å². The summed E-state index contributed by atoms with van der Waals surface area (Å²) in [5.74, 6) is -1.57. The fourth-order valence-electron chi connectivity index (χ4n) is 1.88. The van der Waals surface area contributed by atoms with Gasteiger partial charge in [-0.3, -0.25) is 4.79 Å². The van der Waals surface area contributed by atoms with E-state index < -0.39 is 24.0 Å². The lowest BCUT2D eigenvalue weighted by Gasteiger charge is -2.18. The van der Waals surface area contributed by atoms with Crippen molar-refractivity contribution in [1.29, 1.82) is 0 Å². The third-order valence-electron chi connectivity index (χ3n) is 3.17. The van der Waals surface area contributed by atoms with Crippen LogP contribution in [0.2, 0.25) is 0 Å². The molecule has 0 saturated heterocycles. The Morgan fingerprint density at radius 1 is 1.33 bits per heavy atom. The number of hydrogen-bond donors (Lipinski definition) is 3. The number of carbonyl (C=O) groups is 2. The number of benzene rings is 1. The van der Waals surface area contributed by atoms with Crippen molar-refractivity contribution < 1.29 is 19.4 Å². The van der Waals surface area contributed by atoms with Gasteiger partial charge in [0.05, 0.1) is 0 Å². The first-order chi connectivity index (χ1) is 9.95. The van der Waals surface area contributed by atoms with Gasteiger partial charge in [-0.05, 0) is 25.3 Å². The highest BCUT2D eigenvalue weighted by atomic mass is 16.5. The van der Waals surface area contributed by atoms with Crippen molar-refractivity contribution in [1.82, 2.24) is 5.32 Å². The molecule has 0 spiro atoms. The minimum Gasteiger partial charge on any atom is -0.480 e. The van der Waals surface area contributed by atoms with Gasteiger partial charge in [-0.1, -0.05) is 29.8 Å².